The number of hydrogen-bond acceptors (Lipinski definition) is 7. The van der Waals surface area contributed by atoms with Crippen LogP contribution in [0.2, 0.25) is 0 Å². The molecule has 0 aliphatic heterocycles. The average molecular weight is 421 g/mol. The van der Waals surface area contributed by atoms with Crippen LogP contribution in [0.4, 0.5) is 10.1 Å². The lowest BCUT2D eigenvalue weighted by atomic mass is 10.2. The average Bonchev–Trinajstić information content (AvgIpc) is 3.41. The Hall–Kier alpha value is -3.49. The third-order valence-corrected chi connectivity index (χ3v) is 5.66. The minimum Gasteiger partial charge on any atom is -0.508 e. The maximum absolute atomic E-state index is 12.5. The molecule has 2 aromatic heterocycles. The summed E-state index contributed by atoms with van der Waals surface area (Å²) in [5.41, 5.74) is 5.33. The number of aromatic hydroxyl groups is 1. The van der Waals surface area contributed by atoms with E-state index in [1.54, 1.807) is 36.5 Å². The van der Waals surface area contributed by atoms with Crippen LogP contribution in [-0.4, -0.2) is 22.2 Å². The van der Waals surface area contributed by atoms with E-state index >= 15 is 0 Å². The van der Waals surface area contributed by atoms with Crippen LogP contribution < -0.4 is 10.7 Å². The Morgan fingerprint density at radius 1 is 1.03 bits per heavy atom. The number of nitrogens with one attached hydrogen (secondary N) is 2. The number of amides is 1. The second-order valence-electron chi connectivity index (χ2n) is 5.96. The highest BCUT2D eigenvalue weighted by molar-refractivity contribution is 7.20. The Balaban J connectivity index is 1.57. The van der Waals surface area contributed by atoms with Gasteiger partial charge in [0.1, 0.15) is 16.4 Å². The molecule has 0 unspecified atom stereocenters. The molecule has 2 aromatic carbocycles. The number of hydrogen-bond donors (Lipinski definition) is 3. The molecular weight excluding hydrogens is 404 g/mol. The topological polar surface area (TPSA) is 86.6 Å². The highest BCUT2D eigenvalue weighted by Crippen LogP contribution is 2.36. The fourth-order valence-electron chi connectivity index (χ4n) is 2.54. The van der Waals surface area contributed by atoms with E-state index in [1.807, 2.05) is 41.8 Å². The molecule has 2 heterocycles. The molecule has 0 radical (unpaired) electrons. The molecule has 0 fully saturated rings. The molecular formula is C21H16N4O2S2. The number of anilines is 2. The third-order valence-electron chi connectivity index (χ3n) is 3.91. The summed E-state index contributed by atoms with van der Waals surface area (Å²) in [4.78, 5) is 17.7. The van der Waals surface area contributed by atoms with Gasteiger partial charge >= 0.3 is 0 Å². The predicted molar refractivity (Wildman–Crippen MR) is 119 cm³/mol. The zero-order valence-electron chi connectivity index (χ0n) is 15.1. The van der Waals surface area contributed by atoms with Crippen molar-refractivity contribution in [2.24, 2.45) is 5.10 Å². The zero-order chi connectivity index (χ0) is 20.1. The number of carbonyl (C=O) groups is 1. The largest absolute Gasteiger partial charge is 0.508 e. The van der Waals surface area contributed by atoms with Gasteiger partial charge in [-0.05, 0) is 41.3 Å². The lowest BCUT2D eigenvalue weighted by Crippen LogP contribution is -2.09. The first-order valence-electron chi connectivity index (χ1n) is 8.68. The Bertz CT molecular complexity index is 1120. The van der Waals surface area contributed by atoms with Crippen LogP contribution in [0.5, 0.6) is 5.75 Å². The van der Waals surface area contributed by atoms with Crippen LogP contribution in [0, 0.1) is 0 Å². The minimum atomic E-state index is -0.167. The summed E-state index contributed by atoms with van der Waals surface area (Å²) < 4.78 is 0. The molecule has 0 atom stereocenters. The van der Waals surface area contributed by atoms with Gasteiger partial charge in [0.2, 0.25) is 5.13 Å². The van der Waals surface area contributed by atoms with Crippen LogP contribution in [0.25, 0.3) is 11.3 Å². The van der Waals surface area contributed by atoms with E-state index in [-0.39, 0.29) is 11.7 Å². The van der Waals surface area contributed by atoms with Gasteiger partial charge in [0.15, 0.2) is 0 Å². The van der Waals surface area contributed by atoms with E-state index in [4.69, 9.17) is 0 Å². The van der Waals surface area contributed by atoms with Gasteiger partial charge in [-0.1, -0.05) is 47.7 Å². The summed E-state index contributed by atoms with van der Waals surface area (Å²) in [5, 5.41) is 19.6. The molecule has 0 saturated carbocycles. The van der Waals surface area contributed by atoms with E-state index in [1.165, 1.54) is 22.7 Å². The van der Waals surface area contributed by atoms with Gasteiger partial charge in [0.25, 0.3) is 5.91 Å². The lowest BCUT2D eigenvalue weighted by Gasteiger charge is -2.03. The number of carbonyl (C=O) groups excluding carboxylic acids is 1. The van der Waals surface area contributed by atoms with Crippen LogP contribution in [0.3, 0.4) is 0 Å². The van der Waals surface area contributed by atoms with Crippen molar-refractivity contribution in [2.75, 3.05) is 10.7 Å². The van der Waals surface area contributed by atoms with Crippen molar-refractivity contribution in [2.45, 2.75) is 0 Å². The first kappa shape index (κ1) is 18.9. The van der Waals surface area contributed by atoms with Crippen molar-refractivity contribution in [1.29, 1.82) is 0 Å². The second kappa shape index (κ2) is 8.68. The van der Waals surface area contributed by atoms with Crippen LogP contribution in [0.1, 0.15) is 15.2 Å². The van der Waals surface area contributed by atoms with E-state index in [0.29, 0.717) is 20.7 Å². The monoisotopic (exact) mass is 420 g/mol. The number of phenolic OH excluding ortho intramolecular Hbond substituents is 1. The summed E-state index contributed by atoms with van der Waals surface area (Å²) in [7, 11) is 0. The molecule has 0 spiro atoms. The number of phenols is 1. The van der Waals surface area contributed by atoms with Gasteiger partial charge in [-0.15, -0.1) is 11.3 Å². The molecule has 4 rings (SSSR count). The second-order valence-corrected chi connectivity index (χ2v) is 7.90. The molecule has 6 nitrogen and oxygen atoms in total. The standard InChI is InChI=1S/C21H16N4O2S2/c26-16-10-8-14(9-11-16)13-22-25-21-23-18(15-5-2-1-3-6-15)20(29-21)24-19(27)17-7-4-12-28-17/h1-13,26H,(H,23,25)(H,24,27)/b22-13+. The van der Waals surface area contributed by atoms with Gasteiger partial charge in [0.05, 0.1) is 11.1 Å². The lowest BCUT2D eigenvalue weighted by molar-refractivity contribution is 0.103. The van der Waals surface area contributed by atoms with Crippen molar-refractivity contribution in [3.8, 4) is 17.0 Å². The first-order chi connectivity index (χ1) is 14.2. The summed E-state index contributed by atoms with van der Waals surface area (Å²) in [6.45, 7) is 0. The molecule has 0 aliphatic carbocycles. The smallest absolute Gasteiger partial charge is 0.266 e. The van der Waals surface area contributed by atoms with Crippen molar-refractivity contribution >= 4 is 44.9 Å². The molecule has 4 aromatic rings. The normalized spacial score (nSPS) is 10.9. The Kier molecular flexibility index (Phi) is 5.64. The fraction of sp³-hybridized carbons (Fsp3) is 0. The number of aromatic nitrogens is 1. The Morgan fingerprint density at radius 3 is 2.55 bits per heavy atom. The summed E-state index contributed by atoms with van der Waals surface area (Å²) in [5.74, 6) is 0.0358. The maximum atomic E-state index is 12.5. The Morgan fingerprint density at radius 2 is 1.83 bits per heavy atom. The van der Waals surface area contributed by atoms with Gasteiger partial charge in [0, 0.05) is 5.56 Å². The maximum Gasteiger partial charge on any atom is 0.266 e. The summed E-state index contributed by atoms with van der Waals surface area (Å²) >= 11 is 2.70. The van der Waals surface area contributed by atoms with Crippen LogP contribution >= 0.6 is 22.7 Å². The van der Waals surface area contributed by atoms with Gasteiger partial charge in [-0.2, -0.15) is 5.10 Å². The number of rotatable bonds is 6. The van der Waals surface area contributed by atoms with Gasteiger partial charge in [-0.3, -0.25) is 10.2 Å². The molecule has 8 heteroatoms. The molecule has 29 heavy (non-hydrogen) atoms. The predicted octanol–water partition coefficient (Wildman–Crippen LogP) is 5.28. The van der Waals surface area contributed by atoms with E-state index in [0.717, 1.165) is 11.1 Å². The number of nitrogens with zero attached hydrogens (tertiary/aromatic N) is 2. The fourth-order valence-corrected chi connectivity index (χ4v) is 3.99. The van der Waals surface area contributed by atoms with Crippen LogP contribution in [0.15, 0.2) is 77.2 Å². The van der Waals surface area contributed by atoms with Crippen molar-refractivity contribution in [3.05, 3.63) is 82.6 Å². The van der Waals surface area contributed by atoms with Crippen molar-refractivity contribution in [1.82, 2.24) is 4.98 Å². The number of benzene rings is 2. The minimum absolute atomic E-state index is 0.167. The molecule has 0 saturated heterocycles. The highest BCUT2D eigenvalue weighted by Gasteiger charge is 2.16. The molecule has 144 valence electrons. The van der Waals surface area contributed by atoms with Crippen molar-refractivity contribution < 1.29 is 9.90 Å². The molecule has 1 amide bonds. The van der Waals surface area contributed by atoms with Gasteiger partial charge < -0.3 is 10.4 Å². The zero-order valence-corrected chi connectivity index (χ0v) is 16.7. The third kappa shape index (κ3) is 4.68. The SMILES string of the molecule is O=C(Nc1sc(N/N=C/c2ccc(O)cc2)nc1-c1ccccc1)c1cccs1. The molecule has 3 N–H and O–H groups in total. The molecule has 0 aliphatic rings. The highest BCUT2D eigenvalue weighted by atomic mass is 32.1. The van der Waals surface area contributed by atoms with Crippen LogP contribution in [-0.2, 0) is 0 Å². The number of thiazole rings is 1. The van der Waals surface area contributed by atoms with Crippen molar-refractivity contribution in [3.63, 3.8) is 0 Å². The Labute approximate surface area is 175 Å². The first-order valence-corrected chi connectivity index (χ1v) is 10.4. The van der Waals surface area contributed by atoms with E-state index in [2.05, 4.69) is 20.8 Å². The molecule has 0 bridgehead atoms. The van der Waals surface area contributed by atoms with Gasteiger partial charge in [-0.25, -0.2) is 4.98 Å². The van der Waals surface area contributed by atoms with E-state index in [9.17, 15) is 9.90 Å². The summed E-state index contributed by atoms with van der Waals surface area (Å²) in [6, 6.07) is 20.0. The number of hydrazone groups is 1. The van der Waals surface area contributed by atoms with E-state index < -0.39 is 0 Å². The quantitative estimate of drug-likeness (QED) is 0.293. The number of thiophene rings is 1. The summed E-state index contributed by atoms with van der Waals surface area (Å²) in [6.07, 6.45) is 1.63.